The van der Waals surface area contributed by atoms with Gasteiger partial charge in [0.15, 0.2) is 17.1 Å². The van der Waals surface area contributed by atoms with Gasteiger partial charge in [0.1, 0.15) is 17.2 Å². The number of nitrogens with zero attached hydrogens (tertiary/aromatic N) is 3. The Morgan fingerprint density at radius 3 is 2.81 bits per heavy atom. The fraction of sp³-hybridized carbons (Fsp3) is 0.136. The number of carbonyl (C=O) groups excluding carboxylic acids is 1. The van der Waals surface area contributed by atoms with Crippen LogP contribution in [-0.4, -0.2) is 33.9 Å². The summed E-state index contributed by atoms with van der Waals surface area (Å²) >= 11 is 0. The number of aromatic nitrogens is 3. The molecule has 3 heterocycles. The van der Waals surface area contributed by atoms with Crippen molar-refractivity contribution in [1.29, 1.82) is 0 Å². The van der Waals surface area contributed by atoms with Crippen LogP contribution in [0.2, 0.25) is 0 Å². The third kappa shape index (κ3) is 3.85. The topological polar surface area (TPSA) is 90.3 Å². The number of amides is 2. The van der Waals surface area contributed by atoms with Crippen molar-refractivity contribution < 1.29 is 18.7 Å². The smallest absolute Gasteiger partial charge is 0.319 e. The number of hydrogen-bond acceptors (Lipinski definition) is 5. The van der Waals surface area contributed by atoms with Crippen LogP contribution >= 0.6 is 0 Å². The number of anilines is 1. The van der Waals surface area contributed by atoms with Gasteiger partial charge in [0.25, 0.3) is 0 Å². The van der Waals surface area contributed by atoms with Crippen molar-refractivity contribution in [2.75, 3.05) is 18.7 Å². The number of nitrogens with one attached hydrogen (secondary N) is 2. The zero-order valence-corrected chi connectivity index (χ0v) is 16.3. The van der Waals surface area contributed by atoms with Crippen molar-refractivity contribution in [1.82, 2.24) is 19.9 Å². The fourth-order valence-electron chi connectivity index (χ4n) is 3.42. The number of urea groups is 1. The molecule has 1 aliphatic rings. The fourth-order valence-corrected chi connectivity index (χ4v) is 3.42. The lowest BCUT2D eigenvalue weighted by Crippen LogP contribution is -2.31. The summed E-state index contributed by atoms with van der Waals surface area (Å²) in [6.45, 7) is 0.954. The molecular weight excluding hydrogens is 401 g/mol. The molecule has 0 fully saturated rings. The molecule has 1 aliphatic heterocycles. The van der Waals surface area contributed by atoms with E-state index in [0.29, 0.717) is 41.7 Å². The molecule has 0 radical (unpaired) electrons. The molecule has 8 nitrogen and oxygen atoms in total. The SMILES string of the molecule is O=C(NCCn1c(-c2ccc(F)cc2)nc2cccnc21)Nc1ccc2c(c1)OCO2. The highest BCUT2D eigenvalue weighted by atomic mass is 19.1. The number of imidazole rings is 1. The van der Waals surface area contributed by atoms with Crippen LogP contribution in [0.15, 0.2) is 60.8 Å². The number of carbonyl (C=O) groups is 1. The van der Waals surface area contributed by atoms with E-state index in [4.69, 9.17) is 9.47 Å². The molecular formula is C22H18FN5O3. The van der Waals surface area contributed by atoms with Crippen LogP contribution in [0.3, 0.4) is 0 Å². The van der Waals surface area contributed by atoms with E-state index in [2.05, 4.69) is 20.6 Å². The van der Waals surface area contributed by atoms with E-state index in [0.717, 1.165) is 11.1 Å². The Morgan fingerprint density at radius 2 is 1.94 bits per heavy atom. The van der Waals surface area contributed by atoms with Crippen LogP contribution < -0.4 is 20.1 Å². The predicted octanol–water partition coefficient (Wildman–Crippen LogP) is 3.79. The first-order valence-electron chi connectivity index (χ1n) is 9.69. The minimum absolute atomic E-state index is 0.175. The maximum atomic E-state index is 13.3. The summed E-state index contributed by atoms with van der Waals surface area (Å²) in [5.74, 6) is 1.59. The summed E-state index contributed by atoms with van der Waals surface area (Å²) in [6.07, 6.45) is 1.69. The Labute approximate surface area is 176 Å². The third-order valence-electron chi connectivity index (χ3n) is 4.86. The summed E-state index contributed by atoms with van der Waals surface area (Å²) < 4.78 is 25.8. The number of benzene rings is 2. The van der Waals surface area contributed by atoms with E-state index in [1.165, 1.54) is 12.1 Å². The Kier molecular flexibility index (Phi) is 4.83. The lowest BCUT2D eigenvalue weighted by molar-refractivity contribution is 0.174. The van der Waals surface area contributed by atoms with Crippen LogP contribution in [-0.2, 0) is 6.54 Å². The number of halogens is 1. The van der Waals surface area contributed by atoms with Gasteiger partial charge in [0, 0.05) is 36.6 Å². The Balaban J connectivity index is 1.29. The molecule has 0 saturated carbocycles. The van der Waals surface area contributed by atoms with E-state index in [1.807, 2.05) is 16.7 Å². The number of ether oxygens (including phenoxy) is 2. The number of hydrogen-bond donors (Lipinski definition) is 2. The Bertz CT molecular complexity index is 1260. The molecule has 31 heavy (non-hydrogen) atoms. The molecule has 2 aromatic heterocycles. The molecule has 2 N–H and O–H groups in total. The highest BCUT2D eigenvalue weighted by Gasteiger charge is 2.15. The van der Waals surface area contributed by atoms with E-state index in [-0.39, 0.29) is 18.6 Å². The van der Waals surface area contributed by atoms with E-state index in [1.54, 1.807) is 36.5 Å². The molecule has 2 aromatic carbocycles. The minimum atomic E-state index is -0.348. The van der Waals surface area contributed by atoms with E-state index >= 15 is 0 Å². The summed E-state index contributed by atoms with van der Waals surface area (Å²) in [7, 11) is 0. The normalized spacial score (nSPS) is 12.2. The van der Waals surface area contributed by atoms with Gasteiger partial charge in [-0.25, -0.2) is 19.2 Å². The van der Waals surface area contributed by atoms with Crippen molar-refractivity contribution in [3.63, 3.8) is 0 Å². The number of fused-ring (bicyclic) bond motifs is 2. The first-order valence-corrected chi connectivity index (χ1v) is 9.69. The van der Waals surface area contributed by atoms with E-state index < -0.39 is 0 Å². The van der Waals surface area contributed by atoms with Gasteiger partial charge in [-0.1, -0.05) is 0 Å². The molecule has 0 unspecified atom stereocenters. The third-order valence-corrected chi connectivity index (χ3v) is 4.86. The molecule has 0 atom stereocenters. The molecule has 2 amide bonds. The molecule has 0 saturated heterocycles. The maximum absolute atomic E-state index is 13.3. The lowest BCUT2D eigenvalue weighted by Gasteiger charge is -2.11. The largest absolute Gasteiger partial charge is 0.454 e. The first-order chi connectivity index (χ1) is 15.2. The maximum Gasteiger partial charge on any atom is 0.319 e. The molecule has 0 bridgehead atoms. The van der Waals surface area contributed by atoms with Gasteiger partial charge in [0.05, 0.1) is 0 Å². The second kappa shape index (κ2) is 7.94. The average molecular weight is 419 g/mol. The van der Waals surface area contributed by atoms with Gasteiger partial charge in [-0.3, -0.25) is 0 Å². The van der Waals surface area contributed by atoms with Gasteiger partial charge < -0.3 is 24.7 Å². The summed E-state index contributed by atoms with van der Waals surface area (Å²) in [5, 5.41) is 5.60. The Hall–Kier alpha value is -4.14. The van der Waals surface area contributed by atoms with Crippen molar-refractivity contribution in [2.45, 2.75) is 6.54 Å². The molecule has 4 aromatic rings. The molecule has 5 rings (SSSR count). The van der Waals surface area contributed by atoms with Crippen molar-refractivity contribution in [3.05, 3.63) is 66.6 Å². The van der Waals surface area contributed by atoms with Crippen molar-refractivity contribution in [3.8, 4) is 22.9 Å². The van der Waals surface area contributed by atoms with Gasteiger partial charge in [-0.05, 0) is 48.5 Å². The second-order valence-corrected chi connectivity index (χ2v) is 6.89. The number of rotatable bonds is 5. The molecule has 156 valence electrons. The molecule has 0 aliphatic carbocycles. The van der Waals surface area contributed by atoms with E-state index in [9.17, 15) is 9.18 Å². The van der Waals surface area contributed by atoms with Crippen LogP contribution in [0.5, 0.6) is 11.5 Å². The van der Waals surface area contributed by atoms with Gasteiger partial charge in [-0.2, -0.15) is 0 Å². The zero-order valence-electron chi connectivity index (χ0n) is 16.3. The van der Waals surface area contributed by atoms with Gasteiger partial charge in [-0.15, -0.1) is 0 Å². The quantitative estimate of drug-likeness (QED) is 0.514. The van der Waals surface area contributed by atoms with Crippen LogP contribution in [0, 0.1) is 5.82 Å². The predicted molar refractivity (Wildman–Crippen MR) is 113 cm³/mol. The van der Waals surface area contributed by atoms with Crippen LogP contribution in [0.25, 0.3) is 22.6 Å². The summed E-state index contributed by atoms with van der Waals surface area (Å²) in [6, 6.07) is 14.7. The lowest BCUT2D eigenvalue weighted by atomic mass is 10.2. The summed E-state index contributed by atoms with van der Waals surface area (Å²) in [4.78, 5) is 21.4. The monoisotopic (exact) mass is 419 g/mol. The Morgan fingerprint density at radius 1 is 1.10 bits per heavy atom. The highest BCUT2D eigenvalue weighted by molar-refractivity contribution is 5.89. The molecule has 0 spiro atoms. The van der Waals surface area contributed by atoms with Crippen molar-refractivity contribution >= 4 is 22.9 Å². The van der Waals surface area contributed by atoms with Crippen molar-refractivity contribution in [2.24, 2.45) is 0 Å². The summed E-state index contributed by atoms with van der Waals surface area (Å²) in [5.41, 5.74) is 2.79. The minimum Gasteiger partial charge on any atom is -0.454 e. The van der Waals surface area contributed by atoms with Crippen LogP contribution in [0.1, 0.15) is 0 Å². The number of pyridine rings is 1. The van der Waals surface area contributed by atoms with Crippen LogP contribution in [0.4, 0.5) is 14.9 Å². The zero-order chi connectivity index (χ0) is 21.2. The first kappa shape index (κ1) is 18.9. The average Bonchev–Trinajstić information content (AvgIpc) is 3.39. The standard InChI is InChI=1S/C22H18FN5O3/c23-15-5-3-14(4-6-15)20-27-17-2-1-9-24-21(17)28(20)11-10-25-22(29)26-16-7-8-18-19(12-16)31-13-30-18/h1-9,12H,10-11,13H2,(H2,25,26,29). The second-order valence-electron chi connectivity index (χ2n) is 6.89. The molecule has 9 heteroatoms. The van der Waals surface area contributed by atoms with Gasteiger partial charge >= 0.3 is 6.03 Å². The highest BCUT2D eigenvalue weighted by Crippen LogP contribution is 2.34. The van der Waals surface area contributed by atoms with Gasteiger partial charge in [0.2, 0.25) is 6.79 Å².